The van der Waals surface area contributed by atoms with E-state index in [0.717, 1.165) is 27.4 Å². The molecule has 1 aliphatic heterocycles. The van der Waals surface area contributed by atoms with Crippen molar-refractivity contribution < 1.29 is 14.4 Å². The number of hydrogen-bond donors (Lipinski definition) is 2. The van der Waals surface area contributed by atoms with Crippen LogP contribution in [0.15, 0.2) is 45.3 Å². The molecule has 29 heavy (non-hydrogen) atoms. The zero-order valence-electron chi connectivity index (χ0n) is 15.7. The lowest BCUT2D eigenvalue weighted by Crippen LogP contribution is -2.51. The van der Waals surface area contributed by atoms with Crippen molar-refractivity contribution in [2.45, 2.75) is 44.1 Å². The molecular weight excluding hydrogens is 500 g/mol. The van der Waals surface area contributed by atoms with Gasteiger partial charge in [-0.1, -0.05) is 56.1 Å². The predicted molar refractivity (Wildman–Crippen MR) is 117 cm³/mol. The molecule has 7 heteroatoms. The zero-order valence-corrected chi connectivity index (χ0v) is 18.9. The zero-order chi connectivity index (χ0) is 20.6. The van der Waals surface area contributed by atoms with Crippen LogP contribution in [0.2, 0.25) is 0 Å². The third-order valence-electron chi connectivity index (χ3n) is 5.78. The van der Waals surface area contributed by atoms with E-state index in [1.54, 1.807) is 0 Å². The Labute approximate surface area is 185 Å². The van der Waals surface area contributed by atoms with Crippen molar-refractivity contribution in [1.82, 2.24) is 10.6 Å². The number of ketones is 1. The van der Waals surface area contributed by atoms with Gasteiger partial charge in [0.2, 0.25) is 0 Å². The highest BCUT2D eigenvalue weighted by atomic mass is 79.9. The van der Waals surface area contributed by atoms with Gasteiger partial charge in [-0.05, 0) is 53.6 Å². The van der Waals surface area contributed by atoms with Crippen LogP contribution in [0.3, 0.4) is 0 Å². The first-order valence-electron chi connectivity index (χ1n) is 9.56. The van der Waals surface area contributed by atoms with Crippen LogP contribution < -0.4 is 10.6 Å². The Morgan fingerprint density at radius 3 is 2.14 bits per heavy atom. The van der Waals surface area contributed by atoms with Gasteiger partial charge in [0, 0.05) is 28.2 Å². The van der Waals surface area contributed by atoms with Crippen molar-refractivity contribution in [2.75, 3.05) is 0 Å². The number of fused-ring (bicyclic) bond motifs is 2. The van der Waals surface area contributed by atoms with E-state index in [9.17, 15) is 14.4 Å². The van der Waals surface area contributed by atoms with Gasteiger partial charge in [-0.3, -0.25) is 14.9 Å². The lowest BCUT2D eigenvalue weighted by Gasteiger charge is -2.32. The monoisotopic (exact) mass is 518 g/mol. The van der Waals surface area contributed by atoms with Crippen molar-refractivity contribution in [1.29, 1.82) is 0 Å². The van der Waals surface area contributed by atoms with Gasteiger partial charge in [0.15, 0.2) is 0 Å². The first-order chi connectivity index (χ1) is 13.9. The molecule has 2 N–H and O–H groups in total. The van der Waals surface area contributed by atoms with Gasteiger partial charge in [-0.15, -0.1) is 0 Å². The van der Waals surface area contributed by atoms with Crippen molar-refractivity contribution in [3.8, 4) is 0 Å². The van der Waals surface area contributed by atoms with Gasteiger partial charge < -0.3 is 5.32 Å². The Bertz CT molecular complexity index is 1020. The van der Waals surface area contributed by atoms with Crippen molar-refractivity contribution in [3.05, 3.63) is 67.6 Å². The minimum Gasteiger partial charge on any atom is -0.323 e. The molecule has 0 bridgehead atoms. The molecule has 2 aromatic carbocycles. The summed E-state index contributed by atoms with van der Waals surface area (Å²) in [6, 6.07) is 11.7. The summed E-state index contributed by atoms with van der Waals surface area (Å²) in [5.74, 6) is 0.161. The maximum absolute atomic E-state index is 11.9. The fraction of sp³-hybridized carbons (Fsp3) is 0.318. The fourth-order valence-corrected chi connectivity index (χ4v) is 5.45. The van der Waals surface area contributed by atoms with Crippen LogP contribution in [-0.4, -0.2) is 23.3 Å². The predicted octanol–water partition coefficient (Wildman–Crippen LogP) is 4.02. The van der Waals surface area contributed by atoms with Crippen molar-refractivity contribution >= 4 is 49.6 Å². The number of imide groups is 1. The summed E-state index contributed by atoms with van der Waals surface area (Å²) in [6.07, 6.45) is 4.24. The lowest BCUT2D eigenvalue weighted by atomic mass is 9.78. The van der Waals surface area contributed by atoms with Gasteiger partial charge >= 0.3 is 6.03 Å². The molecule has 5 nitrogen and oxygen atoms in total. The Morgan fingerprint density at radius 1 is 0.828 bits per heavy atom. The number of carbonyl (C=O) groups is 3. The maximum Gasteiger partial charge on any atom is 0.322 e. The molecule has 150 valence electrons. The van der Waals surface area contributed by atoms with E-state index in [2.05, 4.69) is 42.5 Å². The highest BCUT2D eigenvalue weighted by molar-refractivity contribution is 9.10. The number of carbonyl (C=O) groups excluding carboxylic acids is 3. The van der Waals surface area contributed by atoms with Crippen LogP contribution >= 0.6 is 31.9 Å². The molecule has 1 heterocycles. The molecule has 5 rings (SSSR count). The Hall–Kier alpha value is -1.99. The summed E-state index contributed by atoms with van der Waals surface area (Å²) >= 11 is 7.01. The summed E-state index contributed by atoms with van der Waals surface area (Å²) in [5.41, 5.74) is 4.15. The van der Waals surface area contributed by atoms with E-state index in [1.807, 2.05) is 36.4 Å². The highest BCUT2D eigenvalue weighted by Crippen LogP contribution is 2.34. The maximum atomic E-state index is 11.9. The van der Waals surface area contributed by atoms with Crippen LogP contribution in [0, 0.1) is 0 Å². The number of hydrogen-bond acceptors (Lipinski definition) is 3. The molecule has 1 fully saturated rings. The highest BCUT2D eigenvalue weighted by Gasteiger charge is 2.47. The quantitative estimate of drug-likeness (QED) is 0.516. The number of nitrogens with one attached hydrogen (secondary N) is 2. The van der Waals surface area contributed by atoms with Gasteiger partial charge in [-0.25, -0.2) is 4.79 Å². The molecule has 0 saturated carbocycles. The second-order valence-electron chi connectivity index (χ2n) is 7.64. The normalized spacial score (nSPS) is 22.2. The topological polar surface area (TPSA) is 75.3 Å². The first kappa shape index (κ1) is 20.3. The average Bonchev–Trinajstić information content (AvgIpc) is 2.95. The number of halogens is 2. The molecule has 3 aliphatic rings. The van der Waals surface area contributed by atoms with Gasteiger partial charge in [0.25, 0.3) is 5.91 Å². The minimum atomic E-state index is -0.731. The smallest absolute Gasteiger partial charge is 0.322 e. The molecular formula is C22H20Br2N2O3. The van der Waals surface area contributed by atoms with E-state index in [4.69, 9.17) is 0 Å². The van der Waals surface area contributed by atoms with Crippen LogP contribution in [0.25, 0.3) is 0 Å². The van der Waals surface area contributed by atoms with Crippen LogP contribution in [-0.2, 0) is 35.3 Å². The van der Waals surface area contributed by atoms with Crippen LogP contribution in [0.4, 0.5) is 4.79 Å². The summed E-state index contributed by atoms with van der Waals surface area (Å²) < 4.78 is 2.22. The Morgan fingerprint density at radius 2 is 1.48 bits per heavy atom. The van der Waals surface area contributed by atoms with Crippen LogP contribution in [0.5, 0.6) is 0 Å². The van der Waals surface area contributed by atoms with E-state index >= 15 is 0 Å². The number of amides is 3. The van der Waals surface area contributed by atoms with E-state index < -0.39 is 5.54 Å². The molecule has 3 amide bonds. The average molecular weight is 520 g/mol. The van der Waals surface area contributed by atoms with Crippen molar-refractivity contribution in [2.24, 2.45) is 0 Å². The Kier molecular flexibility index (Phi) is 5.62. The molecule has 2 aliphatic carbocycles. The minimum absolute atomic E-state index is 0.201. The lowest BCUT2D eigenvalue weighted by molar-refractivity contribution is -0.124. The van der Waals surface area contributed by atoms with E-state index in [-0.39, 0.29) is 11.9 Å². The van der Waals surface area contributed by atoms with E-state index in [1.165, 1.54) is 16.7 Å². The number of benzene rings is 2. The largest absolute Gasteiger partial charge is 0.323 e. The summed E-state index contributed by atoms with van der Waals surface area (Å²) in [6.45, 7) is 0. The third kappa shape index (κ3) is 4.03. The molecule has 1 saturated heterocycles. The fourth-order valence-electron chi connectivity index (χ4n) is 4.24. The SMILES string of the molecule is O=C1CCc2c(Br)cccc2C1.O=C1NC(=O)C2(CCc3c(Br)cccc3C2)N1. The second-order valence-corrected chi connectivity index (χ2v) is 9.35. The Balaban J connectivity index is 0.000000150. The van der Waals surface area contributed by atoms with Crippen LogP contribution in [0.1, 0.15) is 35.1 Å². The molecule has 0 radical (unpaired) electrons. The second kappa shape index (κ2) is 8.03. The number of rotatable bonds is 0. The van der Waals surface area contributed by atoms with E-state index in [0.29, 0.717) is 31.5 Å². The third-order valence-corrected chi connectivity index (χ3v) is 7.27. The molecule has 1 unspecified atom stereocenters. The standard InChI is InChI=1S/C12H11BrN2O2.C10H9BrO/c13-9-3-1-2-7-6-12(5-4-8(7)9)10(16)14-11(17)15-12;11-10-3-1-2-7-6-8(12)4-5-9(7)10/h1-3H,4-6H2,(H2,14,15,16,17);1-3H,4-6H2. The molecule has 1 spiro atoms. The summed E-state index contributed by atoms with van der Waals surface area (Å²) in [4.78, 5) is 34.2. The van der Waals surface area contributed by atoms with Gasteiger partial charge in [0.1, 0.15) is 11.3 Å². The summed E-state index contributed by atoms with van der Waals surface area (Å²) in [7, 11) is 0. The first-order valence-corrected chi connectivity index (χ1v) is 11.1. The molecule has 2 aromatic rings. The summed E-state index contributed by atoms with van der Waals surface area (Å²) in [5, 5.41) is 5.09. The number of Topliss-reactive ketones (excluding diaryl/α,β-unsaturated/α-hetero) is 1. The number of urea groups is 1. The van der Waals surface area contributed by atoms with Gasteiger partial charge in [0.05, 0.1) is 0 Å². The molecule has 1 atom stereocenters. The molecule has 0 aromatic heterocycles. The van der Waals surface area contributed by atoms with Gasteiger partial charge in [-0.2, -0.15) is 0 Å². The van der Waals surface area contributed by atoms with Crippen molar-refractivity contribution in [3.63, 3.8) is 0 Å².